The molecule has 0 radical (unpaired) electrons. The number of likely N-dealkylation sites (N-methyl/N-ethyl adjacent to an activating group) is 1. The Morgan fingerprint density at radius 3 is 2.67 bits per heavy atom. The number of aromatic nitrogens is 2. The molecule has 1 fully saturated rings. The van der Waals surface area contributed by atoms with E-state index in [0.29, 0.717) is 0 Å². The molecular weight excluding hydrogens is 336 g/mol. The monoisotopic (exact) mass is 366 g/mol. The fourth-order valence-electron chi connectivity index (χ4n) is 4.70. The summed E-state index contributed by atoms with van der Waals surface area (Å²) in [5.74, 6) is 0.902. The van der Waals surface area contributed by atoms with E-state index < -0.39 is 0 Å². The molecule has 0 aliphatic carbocycles. The number of benzene rings is 1. The molecule has 5 heteroatoms. The number of hydrogen-bond acceptors (Lipinski definition) is 4. The van der Waals surface area contributed by atoms with Crippen LogP contribution in [-0.4, -0.2) is 59.6 Å². The van der Waals surface area contributed by atoms with Gasteiger partial charge in [-0.2, -0.15) is 0 Å². The van der Waals surface area contributed by atoms with E-state index in [-0.39, 0.29) is 5.54 Å². The van der Waals surface area contributed by atoms with E-state index in [1.807, 2.05) is 18.5 Å². The van der Waals surface area contributed by atoms with E-state index in [1.165, 1.54) is 17.0 Å². The summed E-state index contributed by atoms with van der Waals surface area (Å²) in [6.45, 7) is 7.77. The zero-order valence-electron chi connectivity index (χ0n) is 16.4. The van der Waals surface area contributed by atoms with Gasteiger partial charge >= 0.3 is 0 Å². The maximum absolute atomic E-state index is 5.22. The van der Waals surface area contributed by atoms with Gasteiger partial charge in [-0.05, 0) is 37.1 Å². The summed E-state index contributed by atoms with van der Waals surface area (Å²) < 4.78 is 5.22. The highest BCUT2D eigenvalue weighted by atomic mass is 16.5. The Bertz CT molecular complexity index is 772. The van der Waals surface area contributed by atoms with Crippen LogP contribution in [0, 0.1) is 0 Å². The standard InChI is InChI=1S/C22H30N4O/c1-3-26-14-10-20-21(24-17-23-20)22(26)11-15-25(16-12-22)13-4-5-18-6-8-19(27-2)9-7-18/h4-9,17H,3,10-16H2,1-2H3,(H,23,24). The number of imidazole rings is 1. The lowest BCUT2D eigenvalue weighted by atomic mass is 9.79. The van der Waals surface area contributed by atoms with Crippen LogP contribution in [0.1, 0.15) is 36.7 Å². The molecule has 0 amide bonds. The normalized spacial score (nSPS) is 20.2. The summed E-state index contributed by atoms with van der Waals surface area (Å²) >= 11 is 0. The van der Waals surface area contributed by atoms with Crippen LogP contribution in [0.15, 0.2) is 36.7 Å². The van der Waals surface area contributed by atoms with E-state index >= 15 is 0 Å². The quantitative estimate of drug-likeness (QED) is 0.882. The summed E-state index contributed by atoms with van der Waals surface area (Å²) in [6, 6.07) is 8.21. The second-order valence-corrected chi connectivity index (χ2v) is 7.57. The zero-order valence-corrected chi connectivity index (χ0v) is 16.4. The number of hydrogen-bond donors (Lipinski definition) is 1. The number of likely N-dealkylation sites (tertiary alicyclic amines) is 1. The molecule has 0 saturated carbocycles. The number of rotatable bonds is 5. The lowest BCUT2D eigenvalue weighted by Gasteiger charge is -2.50. The number of ether oxygens (including phenoxy) is 1. The number of nitrogens with zero attached hydrogens (tertiary/aromatic N) is 3. The van der Waals surface area contributed by atoms with Gasteiger partial charge in [0.25, 0.3) is 0 Å². The molecule has 1 saturated heterocycles. The van der Waals surface area contributed by atoms with Crippen molar-refractivity contribution < 1.29 is 4.74 Å². The highest BCUT2D eigenvalue weighted by molar-refractivity contribution is 5.50. The minimum absolute atomic E-state index is 0.137. The molecule has 1 spiro atoms. The van der Waals surface area contributed by atoms with Crippen molar-refractivity contribution in [2.24, 2.45) is 0 Å². The fourth-order valence-corrected chi connectivity index (χ4v) is 4.70. The first kappa shape index (κ1) is 18.3. The fraction of sp³-hybridized carbons (Fsp3) is 0.500. The van der Waals surface area contributed by atoms with E-state index in [0.717, 1.165) is 57.7 Å². The number of H-pyrrole nitrogens is 1. The number of nitrogens with one attached hydrogen (secondary N) is 1. The van der Waals surface area contributed by atoms with Gasteiger partial charge in [0.15, 0.2) is 0 Å². The predicted molar refractivity (Wildman–Crippen MR) is 109 cm³/mol. The Balaban J connectivity index is 1.38. The van der Waals surface area contributed by atoms with Crippen molar-refractivity contribution in [1.82, 2.24) is 19.8 Å². The van der Waals surface area contributed by atoms with E-state index in [4.69, 9.17) is 9.72 Å². The molecule has 27 heavy (non-hydrogen) atoms. The summed E-state index contributed by atoms with van der Waals surface area (Å²) in [6.07, 6.45) is 9.78. The molecule has 0 bridgehead atoms. The van der Waals surface area contributed by atoms with Crippen molar-refractivity contribution in [1.29, 1.82) is 0 Å². The van der Waals surface area contributed by atoms with Gasteiger partial charge in [0.1, 0.15) is 5.75 Å². The molecule has 1 N–H and O–H groups in total. The van der Waals surface area contributed by atoms with E-state index in [9.17, 15) is 0 Å². The molecule has 1 aromatic heterocycles. The van der Waals surface area contributed by atoms with Crippen LogP contribution in [0.3, 0.4) is 0 Å². The van der Waals surface area contributed by atoms with Crippen LogP contribution in [0.2, 0.25) is 0 Å². The van der Waals surface area contributed by atoms with Crippen LogP contribution in [0.25, 0.3) is 6.08 Å². The SMILES string of the molecule is CCN1CCc2[nH]cnc2C12CCN(CC=Cc1ccc(OC)cc1)CC2. The van der Waals surface area contributed by atoms with Crippen LogP contribution in [0.4, 0.5) is 0 Å². The Morgan fingerprint density at radius 1 is 1.19 bits per heavy atom. The molecule has 2 aliphatic rings. The maximum atomic E-state index is 5.22. The average molecular weight is 367 g/mol. The lowest BCUT2D eigenvalue weighted by Crippen LogP contribution is -2.56. The third-order valence-electron chi connectivity index (χ3n) is 6.25. The van der Waals surface area contributed by atoms with Crippen molar-refractivity contribution in [2.75, 3.05) is 39.8 Å². The minimum atomic E-state index is 0.137. The molecule has 0 atom stereocenters. The molecule has 144 valence electrons. The van der Waals surface area contributed by atoms with Crippen LogP contribution >= 0.6 is 0 Å². The number of aromatic amines is 1. The van der Waals surface area contributed by atoms with Gasteiger partial charge in [-0.1, -0.05) is 31.2 Å². The Labute approximate surface area is 162 Å². The summed E-state index contributed by atoms with van der Waals surface area (Å²) in [4.78, 5) is 13.3. The topological polar surface area (TPSA) is 44.4 Å². The Morgan fingerprint density at radius 2 is 1.96 bits per heavy atom. The van der Waals surface area contributed by atoms with Gasteiger partial charge in [-0.3, -0.25) is 9.80 Å². The molecular formula is C22H30N4O. The highest BCUT2D eigenvalue weighted by Gasteiger charge is 2.45. The first-order chi connectivity index (χ1) is 13.2. The number of piperidine rings is 1. The van der Waals surface area contributed by atoms with E-state index in [1.54, 1.807) is 7.11 Å². The van der Waals surface area contributed by atoms with Crippen LogP contribution in [0.5, 0.6) is 5.75 Å². The van der Waals surface area contributed by atoms with Crippen molar-refractivity contribution in [2.45, 2.75) is 31.7 Å². The average Bonchev–Trinajstić information content (AvgIpc) is 3.20. The summed E-state index contributed by atoms with van der Waals surface area (Å²) in [5.41, 5.74) is 4.02. The van der Waals surface area contributed by atoms with Gasteiger partial charge in [-0.25, -0.2) is 4.98 Å². The molecule has 1 aromatic carbocycles. The van der Waals surface area contributed by atoms with Crippen LogP contribution < -0.4 is 4.74 Å². The molecule has 2 aromatic rings. The maximum Gasteiger partial charge on any atom is 0.118 e. The van der Waals surface area contributed by atoms with Crippen molar-refractivity contribution in [3.63, 3.8) is 0 Å². The summed E-state index contributed by atoms with van der Waals surface area (Å²) in [7, 11) is 1.70. The largest absolute Gasteiger partial charge is 0.497 e. The third-order valence-corrected chi connectivity index (χ3v) is 6.25. The van der Waals surface area contributed by atoms with Crippen molar-refractivity contribution >= 4 is 6.08 Å². The lowest BCUT2D eigenvalue weighted by molar-refractivity contribution is 0.0122. The van der Waals surface area contributed by atoms with Gasteiger partial charge in [0.05, 0.1) is 24.7 Å². The molecule has 5 nitrogen and oxygen atoms in total. The van der Waals surface area contributed by atoms with E-state index in [2.05, 4.69) is 46.0 Å². The third kappa shape index (κ3) is 3.54. The van der Waals surface area contributed by atoms with Gasteiger partial charge in [-0.15, -0.1) is 0 Å². The van der Waals surface area contributed by atoms with Crippen LogP contribution in [-0.2, 0) is 12.0 Å². The minimum Gasteiger partial charge on any atom is -0.497 e. The van der Waals surface area contributed by atoms with Crippen molar-refractivity contribution in [3.8, 4) is 5.75 Å². The molecule has 0 unspecified atom stereocenters. The number of fused-ring (bicyclic) bond motifs is 2. The van der Waals surface area contributed by atoms with Gasteiger partial charge < -0.3 is 9.72 Å². The highest BCUT2D eigenvalue weighted by Crippen LogP contribution is 2.41. The second-order valence-electron chi connectivity index (χ2n) is 7.57. The molecule has 4 rings (SSSR count). The zero-order chi connectivity index (χ0) is 18.7. The smallest absolute Gasteiger partial charge is 0.118 e. The molecule has 3 heterocycles. The first-order valence-corrected chi connectivity index (χ1v) is 10.1. The Hall–Kier alpha value is -2.11. The number of methoxy groups -OCH3 is 1. The second kappa shape index (κ2) is 7.87. The summed E-state index contributed by atoms with van der Waals surface area (Å²) in [5, 5.41) is 0. The van der Waals surface area contributed by atoms with Gasteiger partial charge in [0.2, 0.25) is 0 Å². The molecule has 2 aliphatic heterocycles. The Kier molecular flexibility index (Phi) is 5.32. The predicted octanol–water partition coefficient (Wildman–Crippen LogP) is 3.30. The van der Waals surface area contributed by atoms with Crippen molar-refractivity contribution in [3.05, 3.63) is 53.6 Å². The van der Waals surface area contributed by atoms with Gasteiger partial charge in [0, 0.05) is 38.3 Å². The first-order valence-electron chi connectivity index (χ1n) is 10.1.